The van der Waals surface area contributed by atoms with Gasteiger partial charge in [-0.25, -0.2) is 0 Å². The number of nitrogens with one attached hydrogen (secondary N) is 1. The number of thioether (sulfide) groups is 1. The number of hydrogen-bond acceptors (Lipinski definition) is 6. The summed E-state index contributed by atoms with van der Waals surface area (Å²) in [7, 11) is 0. The van der Waals surface area contributed by atoms with Gasteiger partial charge in [0.05, 0.1) is 35.9 Å². The molecule has 0 radical (unpaired) electrons. The Morgan fingerprint density at radius 3 is 2.81 bits per heavy atom. The second kappa shape index (κ2) is 8.02. The largest absolute Gasteiger partial charge is 0.490 e. The summed E-state index contributed by atoms with van der Waals surface area (Å²) in [6, 6.07) is 11.2. The third-order valence-corrected chi connectivity index (χ3v) is 5.28. The molecule has 2 aromatic carbocycles. The van der Waals surface area contributed by atoms with E-state index in [1.165, 1.54) is 11.8 Å². The predicted molar refractivity (Wildman–Crippen MR) is 106 cm³/mol. The summed E-state index contributed by atoms with van der Waals surface area (Å²) in [5.74, 6) is 1.18. The van der Waals surface area contributed by atoms with Gasteiger partial charge in [0.25, 0.3) is 0 Å². The van der Waals surface area contributed by atoms with Gasteiger partial charge >= 0.3 is 0 Å². The van der Waals surface area contributed by atoms with Crippen molar-refractivity contribution in [1.82, 2.24) is 10.2 Å². The summed E-state index contributed by atoms with van der Waals surface area (Å²) in [5, 5.41) is 14.0. The van der Waals surface area contributed by atoms with E-state index in [4.69, 9.17) is 21.1 Å². The summed E-state index contributed by atoms with van der Waals surface area (Å²) >= 11 is 7.60. The molecule has 1 N–H and O–H groups in total. The Morgan fingerprint density at radius 2 is 1.96 bits per heavy atom. The average molecular weight is 402 g/mol. The molecule has 0 atom stereocenters. The highest BCUT2D eigenvalue weighted by Crippen LogP contribution is 2.37. The number of carbonyl (C=O) groups is 1. The Balaban J connectivity index is 1.46. The standard InChI is InChI=1S/C19H16ClN3O3S/c20-14-8-16-17(26-7-3-6-25-16)9-15(14)22-18(24)11-27-19-13-5-2-1-4-12(13)10-21-23-19/h1-2,4-5,8-10H,3,6-7,11H2,(H,22,24). The first-order valence-corrected chi connectivity index (χ1v) is 9.79. The summed E-state index contributed by atoms with van der Waals surface area (Å²) in [6.07, 6.45) is 2.51. The molecule has 1 aliphatic heterocycles. The molecule has 0 bridgehead atoms. The number of benzene rings is 2. The Morgan fingerprint density at radius 1 is 1.19 bits per heavy atom. The summed E-state index contributed by atoms with van der Waals surface area (Å²) in [5.41, 5.74) is 0.496. The Labute approximate surface area is 165 Å². The maximum Gasteiger partial charge on any atom is 0.234 e. The molecular formula is C19H16ClN3O3S. The van der Waals surface area contributed by atoms with Crippen LogP contribution in [0.4, 0.5) is 5.69 Å². The highest BCUT2D eigenvalue weighted by atomic mass is 35.5. The summed E-state index contributed by atoms with van der Waals surface area (Å²) in [4.78, 5) is 12.4. The van der Waals surface area contributed by atoms with Crippen molar-refractivity contribution >= 4 is 45.7 Å². The van der Waals surface area contributed by atoms with Crippen molar-refractivity contribution in [2.75, 3.05) is 24.3 Å². The maximum absolute atomic E-state index is 12.4. The molecule has 138 valence electrons. The fourth-order valence-corrected chi connectivity index (χ4v) is 3.70. The van der Waals surface area contributed by atoms with Crippen LogP contribution in [0.2, 0.25) is 5.02 Å². The number of carbonyl (C=O) groups excluding carboxylic acids is 1. The zero-order valence-corrected chi connectivity index (χ0v) is 15.8. The second-order valence-electron chi connectivity index (χ2n) is 5.90. The second-order valence-corrected chi connectivity index (χ2v) is 7.27. The molecule has 1 aliphatic rings. The highest BCUT2D eigenvalue weighted by molar-refractivity contribution is 8.00. The van der Waals surface area contributed by atoms with Gasteiger partial charge in [-0.15, -0.1) is 5.10 Å². The van der Waals surface area contributed by atoms with Crippen LogP contribution in [0.15, 0.2) is 47.6 Å². The van der Waals surface area contributed by atoms with Crippen LogP contribution in [0.5, 0.6) is 11.5 Å². The van der Waals surface area contributed by atoms with Crippen molar-refractivity contribution < 1.29 is 14.3 Å². The molecule has 8 heteroatoms. The number of halogens is 1. The molecule has 3 aromatic rings. The number of ether oxygens (including phenoxy) is 2. The van der Waals surface area contributed by atoms with Crippen molar-refractivity contribution in [3.8, 4) is 11.5 Å². The number of fused-ring (bicyclic) bond motifs is 2. The Hall–Kier alpha value is -2.51. The van der Waals surface area contributed by atoms with Gasteiger partial charge < -0.3 is 14.8 Å². The van der Waals surface area contributed by atoms with E-state index < -0.39 is 0 Å². The lowest BCUT2D eigenvalue weighted by atomic mass is 10.2. The van der Waals surface area contributed by atoms with Gasteiger partial charge in [-0.05, 0) is 0 Å². The first kappa shape index (κ1) is 17.9. The van der Waals surface area contributed by atoms with Crippen LogP contribution < -0.4 is 14.8 Å². The highest BCUT2D eigenvalue weighted by Gasteiger charge is 2.16. The summed E-state index contributed by atoms with van der Waals surface area (Å²) < 4.78 is 11.2. The lowest BCUT2D eigenvalue weighted by Crippen LogP contribution is -2.14. The van der Waals surface area contributed by atoms with Crippen LogP contribution >= 0.6 is 23.4 Å². The van der Waals surface area contributed by atoms with Crippen molar-refractivity contribution in [3.05, 3.63) is 47.6 Å². The van der Waals surface area contributed by atoms with E-state index in [2.05, 4.69) is 15.5 Å². The van der Waals surface area contributed by atoms with E-state index in [0.717, 1.165) is 17.2 Å². The number of nitrogens with zero attached hydrogens (tertiary/aromatic N) is 2. The minimum Gasteiger partial charge on any atom is -0.490 e. The lowest BCUT2D eigenvalue weighted by Gasteiger charge is -2.12. The minimum absolute atomic E-state index is 0.188. The van der Waals surface area contributed by atoms with Crippen LogP contribution in [-0.4, -0.2) is 35.1 Å². The Kier molecular flexibility index (Phi) is 5.31. The fourth-order valence-electron chi connectivity index (χ4n) is 2.71. The molecule has 1 amide bonds. The number of hydrogen-bond donors (Lipinski definition) is 1. The molecule has 0 unspecified atom stereocenters. The first-order chi connectivity index (χ1) is 13.2. The molecule has 0 spiro atoms. The molecule has 0 saturated heterocycles. The van der Waals surface area contributed by atoms with Crippen molar-refractivity contribution in [2.45, 2.75) is 11.4 Å². The van der Waals surface area contributed by atoms with E-state index in [1.54, 1.807) is 18.3 Å². The van der Waals surface area contributed by atoms with Crippen molar-refractivity contribution in [1.29, 1.82) is 0 Å². The van der Waals surface area contributed by atoms with Gasteiger partial charge in [-0.1, -0.05) is 47.6 Å². The molecule has 4 rings (SSSR count). The normalized spacial score (nSPS) is 13.2. The zero-order chi connectivity index (χ0) is 18.6. The van der Waals surface area contributed by atoms with Gasteiger partial charge in [0.1, 0.15) is 5.03 Å². The molecule has 0 fully saturated rings. The monoisotopic (exact) mass is 401 g/mol. The molecule has 0 aliphatic carbocycles. The smallest absolute Gasteiger partial charge is 0.234 e. The van der Waals surface area contributed by atoms with Crippen LogP contribution in [0, 0.1) is 0 Å². The van der Waals surface area contributed by atoms with E-state index in [0.29, 0.717) is 40.4 Å². The number of amides is 1. The van der Waals surface area contributed by atoms with E-state index >= 15 is 0 Å². The van der Waals surface area contributed by atoms with Crippen LogP contribution in [0.25, 0.3) is 10.8 Å². The molecule has 1 aromatic heterocycles. The van der Waals surface area contributed by atoms with Gasteiger partial charge in [0.2, 0.25) is 5.91 Å². The zero-order valence-electron chi connectivity index (χ0n) is 14.3. The number of anilines is 1. The molecule has 0 saturated carbocycles. The Bertz CT molecular complexity index is 994. The van der Waals surface area contributed by atoms with E-state index in [9.17, 15) is 4.79 Å². The van der Waals surface area contributed by atoms with Crippen LogP contribution in [0.1, 0.15) is 6.42 Å². The van der Waals surface area contributed by atoms with E-state index in [1.807, 2.05) is 24.3 Å². The lowest BCUT2D eigenvalue weighted by molar-refractivity contribution is -0.113. The molecular weight excluding hydrogens is 386 g/mol. The van der Waals surface area contributed by atoms with Gasteiger partial charge in [0.15, 0.2) is 11.5 Å². The third-order valence-electron chi connectivity index (χ3n) is 3.99. The molecule has 6 nitrogen and oxygen atoms in total. The maximum atomic E-state index is 12.4. The van der Waals surface area contributed by atoms with Crippen LogP contribution in [0.3, 0.4) is 0 Å². The first-order valence-electron chi connectivity index (χ1n) is 8.43. The number of aromatic nitrogens is 2. The topological polar surface area (TPSA) is 73.3 Å². The predicted octanol–water partition coefficient (Wildman–Crippen LogP) is 4.18. The number of rotatable bonds is 4. The molecule has 27 heavy (non-hydrogen) atoms. The average Bonchev–Trinajstić information content (AvgIpc) is 2.91. The van der Waals surface area contributed by atoms with Crippen molar-refractivity contribution in [2.24, 2.45) is 0 Å². The third kappa shape index (κ3) is 4.09. The van der Waals surface area contributed by atoms with Crippen molar-refractivity contribution in [3.63, 3.8) is 0 Å². The van der Waals surface area contributed by atoms with Gasteiger partial charge in [0, 0.05) is 29.3 Å². The summed E-state index contributed by atoms with van der Waals surface area (Å²) in [6.45, 7) is 1.15. The minimum atomic E-state index is -0.189. The SMILES string of the molecule is O=C(CSc1nncc2ccccc12)Nc1cc2c(cc1Cl)OCCCO2. The van der Waals surface area contributed by atoms with Gasteiger partial charge in [-0.3, -0.25) is 4.79 Å². The molecule has 2 heterocycles. The fraction of sp³-hybridized carbons (Fsp3) is 0.211. The van der Waals surface area contributed by atoms with E-state index in [-0.39, 0.29) is 11.7 Å². The van der Waals surface area contributed by atoms with Gasteiger partial charge in [-0.2, -0.15) is 5.10 Å². The van der Waals surface area contributed by atoms with Crippen LogP contribution in [-0.2, 0) is 4.79 Å². The quantitative estimate of drug-likeness (QED) is 0.661.